The molecule has 1 aromatic heterocycles. The van der Waals surface area contributed by atoms with Gasteiger partial charge >= 0.3 is 0 Å². The van der Waals surface area contributed by atoms with Gasteiger partial charge in [0.1, 0.15) is 5.58 Å². The number of furan rings is 1. The molecule has 3 heteroatoms. The highest BCUT2D eigenvalue weighted by Gasteiger charge is 2.26. The molecule has 1 aliphatic carbocycles. The maximum absolute atomic E-state index is 6.66. The summed E-state index contributed by atoms with van der Waals surface area (Å²) in [6.45, 7) is 0. The summed E-state index contributed by atoms with van der Waals surface area (Å²) < 4.78 is 7.70. The van der Waals surface area contributed by atoms with Gasteiger partial charge in [-0.1, -0.05) is 131 Å². The van der Waals surface area contributed by atoms with E-state index < -0.39 is 0 Å². The zero-order valence-electron chi connectivity index (χ0n) is 25.7. The van der Waals surface area contributed by atoms with Crippen molar-refractivity contribution in [1.82, 2.24) is 0 Å². The van der Waals surface area contributed by atoms with E-state index in [0.29, 0.717) is 0 Å². The van der Waals surface area contributed by atoms with Gasteiger partial charge < -0.3 is 9.32 Å². The van der Waals surface area contributed by atoms with E-state index in [1.165, 1.54) is 44.5 Å². The first-order valence-corrected chi connectivity index (χ1v) is 16.8. The van der Waals surface area contributed by atoms with Crippen LogP contribution >= 0.6 is 15.9 Å². The van der Waals surface area contributed by atoms with Crippen molar-refractivity contribution in [3.05, 3.63) is 184 Å². The first-order valence-electron chi connectivity index (χ1n) is 16.1. The van der Waals surface area contributed by atoms with Gasteiger partial charge in [-0.25, -0.2) is 0 Å². The van der Waals surface area contributed by atoms with E-state index in [0.717, 1.165) is 56.3 Å². The molecule has 0 saturated heterocycles. The highest BCUT2D eigenvalue weighted by Crippen LogP contribution is 2.48. The van der Waals surface area contributed by atoms with Gasteiger partial charge in [-0.2, -0.15) is 0 Å². The Morgan fingerprint density at radius 1 is 0.447 bits per heavy atom. The Bertz CT molecular complexity index is 2440. The van der Waals surface area contributed by atoms with Crippen molar-refractivity contribution in [2.24, 2.45) is 0 Å². The van der Waals surface area contributed by atoms with Gasteiger partial charge in [-0.3, -0.25) is 0 Å². The largest absolute Gasteiger partial charge is 0.454 e. The Hall–Kier alpha value is -5.38. The summed E-state index contributed by atoms with van der Waals surface area (Å²) in [5, 5.41) is 2.23. The Kier molecular flexibility index (Phi) is 6.80. The number of hydrogen-bond donors (Lipinski definition) is 0. The average Bonchev–Trinajstić information content (AvgIpc) is 3.50. The fourth-order valence-electron chi connectivity index (χ4n) is 7.34. The number of nitrogens with zero attached hydrogens (tertiary/aromatic N) is 1. The van der Waals surface area contributed by atoms with E-state index in [4.69, 9.17) is 4.42 Å². The first-order chi connectivity index (χ1) is 23.2. The lowest BCUT2D eigenvalue weighted by Gasteiger charge is -2.30. The average molecular weight is 669 g/mol. The van der Waals surface area contributed by atoms with Crippen LogP contribution in [0.2, 0.25) is 0 Å². The van der Waals surface area contributed by atoms with Crippen molar-refractivity contribution < 1.29 is 4.42 Å². The van der Waals surface area contributed by atoms with Crippen LogP contribution in [-0.4, -0.2) is 0 Å². The summed E-state index contributed by atoms with van der Waals surface area (Å²) in [7, 11) is 0. The Morgan fingerprint density at radius 2 is 0.979 bits per heavy atom. The van der Waals surface area contributed by atoms with Crippen LogP contribution in [0.1, 0.15) is 22.3 Å². The molecular weight excluding hydrogens is 638 g/mol. The van der Waals surface area contributed by atoms with E-state index >= 15 is 0 Å². The molecule has 47 heavy (non-hydrogen) atoms. The molecule has 0 bridgehead atoms. The van der Waals surface area contributed by atoms with Crippen LogP contribution < -0.4 is 4.90 Å². The molecule has 0 N–H and O–H groups in total. The van der Waals surface area contributed by atoms with Crippen LogP contribution in [0.25, 0.3) is 44.2 Å². The van der Waals surface area contributed by atoms with Crippen LogP contribution in [0.4, 0.5) is 17.1 Å². The zero-order chi connectivity index (χ0) is 31.3. The molecule has 224 valence electrons. The molecule has 9 rings (SSSR count). The van der Waals surface area contributed by atoms with Gasteiger partial charge in [-0.05, 0) is 94.3 Å². The van der Waals surface area contributed by atoms with Gasteiger partial charge in [0.15, 0.2) is 5.58 Å². The van der Waals surface area contributed by atoms with Gasteiger partial charge in [0.2, 0.25) is 0 Å². The predicted octanol–water partition coefficient (Wildman–Crippen LogP) is 12.6. The van der Waals surface area contributed by atoms with E-state index in [1.807, 2.05) is 6.07 Å². The van der Waals surface area contributed by atoms with Crippen molar-refractivity contribution >= 4 is 54.9 Å². The summed E-state index contributed by atoms with van der Waals surface area (Å²) in [4.78, 5) is 2.39. The summed E-state index contributed by atoms with van der Waals surface area (Å²) in [6.07, 6.45) is 1.65. The van der Waals surface area contributed by atoms with Crippen molar-refractivity contribution in [3.63, 3.8) is 0 Å². The summed E-state index contributed by atoms with van der Waals surface area (Å²) >= 11 is 3.68. The number of benzene rings is 7. The van der Waals surface area contributed by atoms with E-state index in [9.17, 15) is 0 Å². The Balaban J connectivity index is 1.36. The lowest BCUT2D eigenvalue weighted by Crippen LogP contribution is -2.13. The molecule has 0 amide bonds. The molecule has 2 nitrogen and oxygen atoms in total. The second-order valence-electron chi connectivity index (χ2n) is 12.2. The van der Waals surface area contributed by atoms with Crippen molar-refractivity contribution in [1.29, 1.82) is 0 Å². The van der Waals surface area contributed by atoms with Crippen molar-refractivity contribution in [3.8, 4) is 22.3 Å². The molecule has 0 radical (unpaired) electrons. The van der Waals surface area contributed by atoms with E-state index in [1.54, 1.807) is 0 Å². The Labute approximate surface area is 282 Å². The standard InChI is InChI=1S/C44H30BrNO/c45-33-23-25-34(26-24-33)46(41-21-10-19-39-38-18-7-8-22-42(38)47-44(39)41)40-20-9-14-32-28-30-12-2-5-16-36(30)35-15-4-1-11-29(35)27-31-13-3-6-17-37(31)43(32)40/h1-26H,27-28H2. The molecule has 7 aromatic carbocycles. The monoisotopic (exact) mass is 667 g/mol. The van der Waals surface area contributed by atoms with Gasteiger partial charge in [0.05, 0.1) is 11.4 Å². The highest BCUT2D eigenvalue weighted by atomic mass is 79.9. The van der Waals surface area contributed by atoms with Gasteiger partial charge in [0, 0.05) is 26.5 Å². The molecule has 1 aliphatic rings. The highest BCUT2D eigenvalue weighted by molar-refractivity contribution is 9.10. The zero-order valence-corrected chi connectivity index (χ0v) is 27.2. The molecule has 8 aromatic rings. The van der Waals surface area contributed by atoms with Gasteiger partial charge in [-0.15, -0.1) is 0 Å². The second kappa shape index (κ2) is 11.5. The Morgan fingerprint density at radius 3 is 1.72 bits per heavy atom. The van der Waals surface area contributed by atoms with Crippen molar-refractivity contribution in [2.45, 2.75) is 12.8 Å². The van der Waals surface area contributed by atoms with Crippen LogP contribution in [0.5, 0.6) is 0 Å². The molecule has 1 heterocycles. The number of anilines is 3. The normalized spacial score (nSPS) is 12.2. The SMILES string of the molecule is Brc1ccc(N(c2cccc3c2-c2ccccc2Cc2ccccc2-c2ccccc2C3)c2cccc3c2oc2ccccc23)cc1. The summed E-state index contributed by atoms with van der Waals surface area (Å²) in [6, 6.07) is 56.9. The molecule has 0 aliphatic heterocycles. The number of fused-ring (bicyclic) bond motifs is 9. The molecule has 0 spiro atoms. The molecular formula is C44H30BrNO. The van der Waals surface area contributed by atoms with E-state index in [2.05, 4.69) is 172 Å². The number of rotatable bonds is 3. The minimum atomic E-state index is 0.811. The third kappa shape index (κ3) is 4.78. The van der Waals surface area contributed by atoms with Crippen LogP contribution in [-0.2, 0) is 12.8 Å². The van der Waals surface area contributed by atoms with E-state index in [-0.39, 0.29) is 0 Å². The number of halogens is 1. The molecule has 0 saturated carbocycles. The summed E-state index contributed by atoms with van der Waals surface area (Å²) in [5.41, 5.74) is 15.3. The third-order valence-electron chi connectivity index (χ3n) is 9.45. The predicted molar refractivity (Wildman–Crippen MR) is 199 cm³/mol. The summed E-state index contributed by atoms with van der Waals surface area (Å²) in [5.74, 6) is 0. The molecule has 0 atom stereocenters. The van der Waals surface area contributed by atoms with Crippen molar-refractivity contribution in [2.75, 3.05) is 4.90 Å². The smallest absolute Gasteiger partial charge is 0.159 e. The second-order valence-corrected chi connectivity index (χ2v) is 13.1. The minimum absolute atomic E-state index is 0.811. The number of para-hydroxylation sites is 2. The maximum Gasteiger partial charge on any atom is 0.159 e. The van der Waals surface area contributed by atoms with Crippen LogP contribution in [0.15, 0.2) is 167 Å². The van der Waals surface area contributed by atoms with Gasteiger partial charge in [0.25, 0.3) is 0 Å². The lowest BCUT2D eigenvalue weighted by atomic mass is 9.83. The quantitative estimate of drug-likeness (QED) is 0.186. The minimum Gasteiger partial charge on any atom is -0.454 e. The topological polar surface area (TPSA) is 16.4 Å². The molecule has 0 unspecified atom stereocenters. The fraction of sp³-hybridized carbons (Fsp3) is 0.0455. The third-order valence-corrected chi connectivity index (χ3v) is 9.98. The van der Waals surface area contributed by atoms with Crippen LogP contribution in [0.3, 0.4) is 0 Å². The fourth-order valence-corrected chi connectivity index (χ4v) is 7.61. The maximum atomic E-state index is 6.66. The lowest BCUT2D eigenvalue weighted by molar-refractivity contribution is 0.669. The number of hydrogen-bond acceptors (Lipinski definition) is 2. The molecule has 0 fully saturated rings. The van der Waals surface area contributed by atoms with Crippen LogP contribution in [0, 0.1) is 0 Å². The first kappa shape index (κ1) is 27.9.